The van der Waals surface area contributed by atoms with Crippen molar-refractivity contribution in [2.24, 2.45) is 5.73 Å². The van der Waals surface area contributed by atoms with Crippen molar-refractivity contribution in [1.29, 1.82) is 0 Å². The van der Waals surface area contributed by atoms with E-state index in [1.807, 2.05) is 60.1 Å². The van der Waals surface area contributed by atoms with Crippen LogP contribution in [0.15, 0.2) is 60.9 Å². The standard InChI is InChI=1S/C26H39N7O.C21H29N7O3/c1-19(2)23-18-27-33-24(23)29-25(31(4)13-10-16-32-14-7-6-8-15-32)30-26(33)28-20(3)21-11-9-12-22(17-21)34-5;1-12(2)16-11-23-28-18(16)26-20(25-17(10-22)19(29)31-5)27-21(28)24-13(3)14-7-6-8-15(9-14)30-4/h9,11-12,17-20H,6-8,10,13-16H2,1-5H3,(H,28,29,30);6-9,11-13,17H,10,22H2,1-5H3,(H2,24,25,26,27)/t20-;13-,17?/m00/s1. The maximum absolute atomic E-state index is 12.0. The molecule has 0 spiro atoms. The van der Waals surface area contributed by atoms with Gasteiger partial charge in [0.05, 0.1) is 45.8 Å². The Morgan fingerprint density at radius 3 is 1.78 bits per heavy atom. The molecule has 1 aliphatic heterocycles. The summed E-state index contributed by atoms with van der Waals surface area (Å²) in [5.74, 6) is 3.83. The summed E-state index contributed by atoms with van der Waals surface area (Å²) in [5, 5.41) is 19.0. The van der Waals surface area contributed by atoms with Crippen molar-refractivity contribution in [3.05, 3.63) is 83.2 Å². The first-order valence-corrected chi connectivity index (χ1v) is 22.6. The highest BCUT2D eigenvalue weighted by Crippen LogP contribution is 2.28. The average Bonchev–Trinajstić information content (AvgIpc) is 3.97. The first-order valence-electron chi connectivity index (χ1n) is 22.6. The maximum Gasteiger partial charge on any atom is 0.329 e. The molecular formula is C47H68N14O4. The minimum Gasteiger partial charge on any atom is -0.497 e. The van der Waals surface area contributed by atoms with Crippen LogP contribution in [0.4, 0.5) is 23.8 Å². The molecule has 18 nitrogen and oxygen atoms in total. The van der Waals surface area contributed by atoms with Gasteiger partial charge in [-0.15, -0.1) is 0 Å². The molecule has 5 heterocycles. The third-order valence-corrected chi connectivity index (χ3v) is 11.7. The van der Waals surface area contributed by atoms with Gasteiger partial charge < -0.3 is 45.7 Å². The number of piperidine rings is 1. The van der Waals surface area contributed by atoms with Crippen molar-refractivity contribution < 1.29 is 19.0 Å². The van der Waals surface area contributed by atoms with Gasteiger partial charge in [-0.2, -0.15) is 39.2 Å². The lowest BCUT2D eigenvalue weighted by atomic mass is 10.1. The van der Waals surface area contributed by atoms with Gasteiger partial charge in [0.1, 0.15) is 17.5 Å². The van der Waals surface area contributed by atoms with Crippen molar-refractivity contribution in [3.63, 3.8) is 0 Å². The molecule has 18 heteroatoms. The van der Waals surface area contributed by atoms with Crippen LogP contribution in [0.25, 0.3) is 11.3 Å². The molecule has 350 valence electrons. The van der Waals surface area contributed by atoms with Crippen molar-refractivity contribution in [2.75, 3.05) is 82.0 Å². The minimum absolute atomic E-state index is 0.0251. The number of fused-ring (bicyclic) bond motifs is 2. The number of ether oxygens (including phenoxy) is 3. The number of nitrogens with two attached hydrogens (primary N) is 1. The second-order valence-electron chi connectivity index (χ2n) is 17.1. The molecule has 2 aromatic carbocycles. The van der Waals surface area contributed by atoms with Gasteiger partial charge in [-0.1, -0.05) is 58.4 Å². The molecule has 1 aliphatic rings. The van der Waals surface area contributed by atoms with Crippen LogP contribution in [0.1, 0.15) is 113 Å². The molecule has 0 radical (unpaired) electrons. The predicted molar refractivity (Wildman–Crippen MR) is 256 cm³/mol. The molecule has 0 saturated carbocycles. The van der Waals surface area contributed by atoms with E-state index in [4.69, 9.17) is 29.9 Å². The van der Waals surface area contributed by atoms with Gasteiger partial charge in [-0.05, 0) is 100.0 Å². The van der Waals surface area contributed by atoms with E-state index in [0.717, 1.165) is 64.9 Å². The Labute approximate surface area is 382 Å². The van der Waals surface area contributed by atoms with Crippen LogP contribution in [0, 0.1) is 0 Å². The van der Waals surface area contributed by atoms with Crippen molar-refractivity contribution in [1.82, 2.24) is 44.1 Å². The van der Waals surface area contributed by atoms with Gasteiger partial charge in [0.2, 0.25) is 23.8 Å². The molecule has 0 bridgehead atoms. The van der Waals surface area contributed by atoms with Crippen LogP contribution < -0.4 is 36.1 Å². The Morgan fingerprint density at radius 2 is 1.28 bits per heavy atom. The lowest BCUT2D eigenvalue weighted by Crippen LogP contribution is -2.38. The monoisotopic (exact) mass is 893 g/mol. The first-order chi connectivity index (χ1) is 31.3. The Bertz CT molecular complexity index is 2460. The summed E-state index contributed by atoms with van der Waals surface area (Å²) in [6.07, 6.45) is 8.82. The molecule has 0 amide bonds. The van der Waals surface area contributed by atoms with E-state index in [9.17, 15) is 4.79 Å². The third kappa shape index (κ3) is 12.1. The van der Waals surface area contributed by atoms with E-state index in [1.165, 1.54) is 39.5 Å². The van der Waals surface area contributed by atoms with Gasteiger partial charge in [0.25, 0.3) is 0 Å². The van der Waals surface area contributed by atoms with Crippen molar-refractivity contribution >= 4 is 41.1 Å². The number of carbonyl (C=O) groups excluding carboxylic acids is 1. The molecule has 5 N–H and O–H groups in total. The second-order valence-corrected chi connectivity index (χ2v) is 17.1. The normalized spacial score (nSPS) is 14.4. The summed E-state index contributed by atoms with van der Waals surface area (Å²) in [6, 6.07) is 15.1. The van der Waals surface area contributed by atoms with E-state index in [1.54, 1.807) is 24.9 Å². The molecular weight excluding hydrogens is 825 g/mol. The van der Waals surface area contributed by atoms with E-state index >= 15 is 0 Å². The van der Waals surface area contributed by atoms with Crippen LogP contribution in [-0.4, -0.2) is 117 Å². The predicted octanol–water partition coefficient (Wildman–Crippen LogP) is 7.08. The summed E-state index contributed by atoms with van der Waals surface area (Å²) in [4.78, 5) is 35.7. The van der Waals surface area contributed by atoms with E-state index in [2.05, 4.69) is 93.6 Å². The van der Waals surface area contributed by atoms with Crippen LogP contribution in [0.2, 0.25) is 0 Å². The Hall–Kier alpha value is -6.27. The summed E-state index contributed by atoms with van der Waals surface area (Å²) in [7, 11) is 6.72. The van der Waals surface area contributed by atoms with Gasteiger partial charge >= 0.3 is 5.97 Å². The van der Waals surface area contributed by atoms with Crippen LogP contribution in [0.3, 0.4) is 0 Å². The first kappa shape index (κ1) is 48.2. The zero-order valence-electron chi connectivity index (χ0n) is 39.7. The fourth-order valence-corrected chi connectivity index (χ4v) is 7.72. The highest BCUT2D eigenvalue weighted by Gasteiger charge is 2.23. The molecule has 3 atom stereocenters. The Kier molecular flexibility index (Phi) is 16.7. The summed E-state index contributed by atoms with van der Waals surface area (Å²) < 4.78 is 19.0. The van der Waals surface area contributed by atoms with Gasteiger partial charge in [-0.3, -0.25) is 0 Å². The maximum atomic E-state index is 12.0. The second kappa shape index (κ2) is 22.6. The zero-order chi connectivity index (χ0) is 46.6. The summed E-state index contributed by atoms with van der Waals surface area (Å²) in [5.41, 5.74) is 11.5. The number of carbonyl (C=O) groups is 1. The number of hydrogen-bond acceptors (Lipinski definition) is 16. The van der Waals surface area contributed by atoms with Crippen LogP contribution in [-0.2, 0) is 9.53 Å². The highest BCUT2D eigenvalue weighted by atomic mass is 16.5. The number of hydrogen-bond donors (Lipinski definition) is 4. The van der Waals surface area contributed by atoms with E-state index < -0.39 is 12.0 Å². The zero-order valence-corrected chi connectivity index (χ0v) is 39.7. The topological polar surface area (TPSA) is 200 Å². The number of anilines is 4. The molecule has 6 aromatic rings. The number of benzene rings is 2. The van der Waals surface area contributed by atoms with E-state index in [0.29, 0.717) is 23.5 Å². The third-order valence-electron chi connectivity index (χ3n) is 11.7. The molecule has 1 unspecified atom stereocenters. The van der Waals surface area contributed by atoms with Crippen molar-refractivity contribution in [3.8, 4) is 11.5 Å². The average molecular weight is 893 g/mol. The van der Waals surface area contributed by atoms with Crippen LogP contribution in [0.5, 0.6) is 11.5 Å². The number of nitrogens with one attached hydrogen (secondary N) is 3. The number of nitrogens with zero attached hydrogens (tertiary/aromatic N) is 10. The lowest BCUT2D eigenvalue weighted by Gasteiger charge is -2.27. The molecule has 0 aliphatic carbocycles. The number of methoxy groups -OCH3 is 3. The quantitative estimate of drug-likeness (QED) is 0.0601. The summed E-state index contributed by atoms with van der Waals surface area (Å²) >= 11 is 0. The van der Waals surface area contributed by atoms with Crippen LogP contribution >= 0.6 is 0 Å². The molecule has 1 fully saturated rings. The smallest absolute Gasteiger partial charge is 0.329 e. The number of esters is 1. The van der Waals surface area contributed by atoms with Gasteiger partial charge in [0.15, 0.2) is 11.3 Å². The minimum atomic E-state index is -0.762. The number of likely N-dealkylation sites (tertiary alicyclic amines) is 1. The number of rotatable bonds is 19. The fraction of sp³-hybridized carbons (Fsp3) is 0.511. The van der Waals surface area contributed by atoms with E-state index in [-0.39, 0.29) is 30.5 Å². The SMILES string of the molecule is COC(=O)C(CN)Nc1nc(N[C@@H](C)c2cccc(OC)c2)n2ncc(C(C)C)c2n1.COc1cccc([C@H](C)Nc2nc(N(C)CCCN3CCCCC3)nc3c(C(C)C)cnn23)c1. The Morgan fingerprint density at radius 1 is 0.738 bits per heavy atom. The Balaban J connectivity index is 0.000000216. The molecule has 4 aromatic heterocycles. The lowest BCUT2D eigenvalue weighted by molar-refractivity contribution is -0.141. The number of aromatic nitrogens is 8. The van der Waals surface area contributed by atoms with Gasteiger partial charge in [-0.25, -0.2) is 4.79 Å². The molecule has 65 heavy (non-hydrogen) atoms. The van der Waals surface area contributed by atoms with Crippen molar-refractivity contribution in [2.45, 2.75) is 97.2 Å². The largest absolute Gasteiger partial charge is 0.497 e. The van der Waals surface area contributed by atoms with Gasteiger partial charge in [0, 0.05) is 31.3 Å². The fourth-order valence-electron chi connectivity index (χ4n) is 7.72. The molecule has 7 rings (SSSR count). The highest BCUT2D eigenvalue weighted by molar-refractivity contribution is 5.79. The summed E-state index contributed by atoms with van der Waals surface area (Å²) in [6.45, 7) is 17.2. The molecule has 1 saturated heterocycles.